The molecule has 9 nitrogen and oxygen atoms in total. The van der Waals surface area contributed by atoms with Crippen LogP contribution in [0.25, 0.3) is 6.08 Å². The predicted octanol–water partition coefficient (Wildman–Crippen LogP) is 3.22. The standard InChI is InChI=1S/C20H18N2O7/c1-12-4-3-5-15(8-12)21-20(24)13(2)29-19(23)7-6-14-9-17-18(28-11-27-17)10-16(14)22(25)26/h3-10,13H,11H2,1-2H3,(H,21,24)/b7-6+/t13-/m0/s1. The van der Waals surface area contributed by atoms with E-state index >= 15 is 0 Å². The van der Waals surface area contributed by atoms with Gasteiger partial charge in [-0.1, -0.05) is 12.1 Å². The molecule has 0 saturated heterocycles. The molecule has 1 N–H and O–H groups in total. The summed E-state index contributed by atoms with van der Waals surface area (Å²) >= 11 is 0. The minimum Gasteiger partial charge on any atom is -0.454 e. The molecule has 150 valence electrons. The van der Waals surface area contributed by atoms with Crippen molar-refractivity contribution in [1.82, 2.24) is 0 Å². The highest BCUT2D eigenvalue weighted by Gasteiger charge is 2.22. The lowest BCUT2D eigenvalue weighted by Gasteiger charge is -2.12. The van der Waals surface area contributed by atoms with Crippen LogP contribution in [0.5, 0.6) is 11.5 Å². The Kier molecular flexibility index (Phi) is 5.77. The van der Waals surface area contributed by atoms with Gasteiger partial charge in [-0.25, -0.2) is 4.79 Å². The summed E-state index contributed by atoms with van der Waals surface area (Å²) in [7, 11) is 0. The molecule has 0 spiro atoms. The Balaban J connectivity index is 1.65. The van der Waals surface area contributed by atoms with Gasteiger partial charge in [0.05, 0.1) is 16.6 Å². The quantitative estimate of drug-likeness (QED) is 0.344. The van der Waals surface area contributed by atoms with E-state index in [0.29, 0.717) is 11.4 Å². The van der Waals surface area contributed by atoms with Crippen molar-refractivity contribution in [3.63, 3.8) is 0 Å². The first-order chi connectivity index (χ1) is 13.8. The third-order valence-corrected chi connectivity index (χ3v) is 4.07. The number of aryl methyl sites for hydroxylation is 1. The van der Waals surface area contributed by atoms with Crippen LogP contribution in [0.1, 0.15) is 18.1 Å². The van der Waals surface area contributed by atoms with Gasteiger partial charge in [-0.2, -0.15) is 0 Å². The van der Waals surface area contributed by atoms with E-state index in [0.717, 1.165) is 11.6 Å². The molecule has 9 heteroatoms. The van der Waals surface area contributed by atoms with Gasteiger partial charge in [-0.05, 0) is 43.7 Å². The van der Waals surface area contributed by atoms with E-state index in [9.17, 15) is 19.7 Å². The minimum absolute atomic E-state index is 0.0325. The number of rotatable bonds is 6. The molecule has 1 aliphatic heterocycles. The van der Waals surface area contributed by atoms with E-state index < -0.39 is 22.9 Å². The maximum Gasteiger partial charge on any atom is 0.331 e. The molecule has 1 amide bonds. The molecule has 0 bridgehead atoms. The molecular weight excluding hydrogens is 380 g/mol. The smallest absolute Gasteiger partial charge is 0.331 e. The van der Waals surface area contributed by atoms with Crippen molar-refractivity contribution in [3.05, 3.63) is 63.7 Å². The molecule has 0 aromatic heterocycles. The molecule has 0 fully saturated rings. The van der Waals surface area contributed by atoms with E-state index in [1.54, 1.807) is 18.2 Å². The molecule has 0 unspecified atom stereocenters. The molecule has 29 heavy (non-hydrogen) atoms. The summed E-state index contributed by atoms with van der Waals surface area (Å²) in [6, 6.07) is 9.81. The molecule has 0 radical (unpaired) electrons. The van der Waals surface area contributed by atoms with E-state index in [1.807, 2.05) is 13.0 Å². The number of esters is 1. The van der Waals surface area contributed by atoms with Crippen molar-refractivity contribution < 1.29 is 28.7 Å². The normalized spacial score (nSPS) is 13.2. The summed E-state index contributed by atoms with van der Waals surface area (Å²) in [5.41, 5.74) is 1.46. The predicted molar refractivity (Wildman–Crippen MR) is 104 cm³/mol. The number of benzene rings is 2. The zero-order chi connectivity index (χ0) is 21.0. The second-order valence-electron chi connectivity index (χ2n) is 6.29. The number of fused-ring (bicyclic) bond motifs is 1. The fraction of sp³-hybridized carbons (Fsp3) is 0.200. The molecule has 1 atom stereocenters. The number of carbonyl (C=O) groups excluding carboxylic acids is 2. The molecule has 1 aliphatic rings. The summed E-state index contributed by atoms with van der Waals surface area (Å²) in [4.78, 5) is 34.9. The van der Waals surface area contributed by atoms with Crippen LogP contribution in [0.3, 0.4) is 0 Å². The SMILES string of the molecule is Cc1cccc(NC(=O)[C@H](C)OC(=O)/C=C/c2cc3c(cc2[N+](=O)[O-])OCO3)c1. The number of hydrogen-bond acceptors (Lipinski definition) is 7. The van der Waals surface area contributed by atoms with Gasteiger partial charge in [-0.15, -0.1) is 0 Å². The van der Waals surface area contributed by atoms with Gasteiger partial charge >= 0.3 is 5.97 Å². The summed E-state index contributed by atoms with van der Waals surface area (Å²) < 4.78 is 15.4. The first-order valence-corrected chi connectivity index (χ1v) is 8.68. The number of nitrogens with one attached hydrogen (secondary N) is 1. The molecule has 3 rings (SSSR count). The lowest BCUT2D eigenvalue weighted by Crippen LogP contribution is -2.29. The first-order valence-electron chi connectivity index (χ1n) is 8.68. The Morgan fingerprint density at radius 2 is 1.97 bits per heavy atom. The van der Waals surface area contributed by atoms with Crippen LogP contribution in [0.15, 0.2) is 42.5 Å². The topological polar surface area (TPSA) is 117 Å². The third kappa shape index (κ3) is 4.89. The van der Waals surface area contributed by atoms with Gasteiger partial charge in [-0.3, -0.25) is 14.9 Å². The Hall–Kier alpha value is -3.88. The highest BCUT2D eigenvalue weighted by Crippen LogP contribution is 2.38. The van der Waals surface area contributed by atoms with E-state index in [4.69, 9.17) is 14.2 Å². The van der Waals surface area contributed by atoms with Crippen LogP contribution in [0.2, 0.25) is 0 Å². The average molecular weight is 398 g/mol. The van der Waals surface area contributed by atoms with Crippen molar-refractivity contribution in [1.29, 1.82) is 0 Å². The van der Waals surface area contributed by atoms with E-state index in [1.165, 1.54) is 25.1 Å². The monoisotopic (exact) mass is 398 g/mol. The fourth-order valence-electron chi connectivity index (χ4n) is 2.63. The third-order valence-electron chi connectivity index (χ3n) is 4.07. The zero-order valence-electron chi connectivity index (χ0n) is 15.7. The Morgan fingerprint density at radius 1 is 1.24 bits per heavy atom. The van der Waals surface area contributed by atoms with Gasteiger partial charge < -0.3 is 19.5 Å². The maximum absolute atomic E-state index is 12.2. The van der Waals surface area contributed by atoms with Crippen LogP contribution in [-0.2, 0) is 14.3 Å². The highest BCUT2D eigenvalue weighted by molar-refractivity contribution is 5.96. The number of nitro groups is 1. The molecule has 2 aromatic rings. The van der Waals surface area contributed by atoms with E-state index in [2.05, 4.69) is 5.32 Å². The number of nitro benzene ring substituents is 1. The van der Waals surface area contributed by atoms with Crippen LogP contribution in [0.4, 0.5) is 11.4 Å². The van der Waals surface area contributed by atoms with Gasteiger partial charge in [0.1, 0.15) is 0 Å². The molecular formula is C20H18N2O7. The largest absolute Gasteiger partial charge is 0.454 e. The maximum atomic E-state index is 12.2. The number of anilines is 1. The van der Waals surface area contributed by atoms with Crippen LogP contribution in [-0.4, -0.2) is 29.7 Å². The number of nitrogens with zero attached hydrogens (tertiary/aromatic N) is 1. The first kappa shape index (κ1) is 19.9. The minimum atomic E-state index is -1.06. The number of carbonyl (C=O) groups is 2. The van der Waals surface area contributed by atoms with Crippen molar-refractivity contribution in [2.24, 2.45) is 0 Å². The zero-order valence-corrected chi connectivity index (χ0v) is 15.7. The molecule has 1 heterocycles. The lowest BCUT2D eigenvalue weighted by atomic mass is 10.1. The van der Waals surface area contributed by atoms with Crippen LogP contribution >= 0.6 is 0 Å². The second-order valence-corrected chi connectivity index (χ2v) is 6.29. The van der Waals surface area contributed by atoms with Crippen molar-refractivity contribution in [2.45, 2.75) is 20.0 Å². The summed E-state index contributed by atoms with van der Waals surface area (Å²) in [6.45, 7) is 3.29. The molecule has 2 aromatic carbocycles. The van der Waals surface area contributed by atoms with E-state index in [-0.39, 0.29) is 23.8 Å². The Morgan fingerprint density at radius 3 is 2.66 bits per heavy atom. The van der Waals surface area contributed by atoms with Crippen molar-refractivity contribution in [2.75, 3.05) is 12.1 Å². The fourth-order valence-corrected chi connectivity index (χ4v) is 2.63. The second kappa shape index (κ2) is 8.42. The average Bonchev–Trinajstić information content (AvgIpc) is 3.12. The van der Waals surface area contributed by atoms with Gasteiger partial charge in [0.2, 0.25) is 6.79 Å². The van der Waals surface area contributed by atoms with Gasteiger partial charge in [0, 0.05) is 11.8 Å². The summed E-state index contributed by atoms with van der Waals surface area (Å²) in [5.74, 6) is -0.706. The Labute approximate surface area is 166 Å². The summed E-state index contributed by atoms with van der Waals surface area (Å²) in [6.07, 6.45) is 1.19. The highest BCUT2D eigenvalue weighted by atomic mass is 16.7. The summed E-state index contributed by atoms with van der Waals surface area (Å²) in [5, 5.41) is 13.9. The Bertz CT molecular complexity index is 1000. The van der Waals surface area contributed by atoms with Crippen molar-refractivity contribution >= 4 is 29.3 Å². The van der Waals surface area contributed by atoms with Crippen LogP contribution in [0, 0.1) is 17.0 Å². The van der Waals surface area contributed by atoms with Crippen molar-refractivity contribution in [3.8, 4) is 11.5 Å². The number of hydrogen-bond donors (Lipinski definition) is 1. The number of amides is 1. The number of ether oxygens (including phenoxy) is 3. The van der Waals surface area contributed by atoms with Gasteiger partial charge in [0.25, 0.3) is 11.6 Å². The van der Waals surface area contributed by atoms with Crippen LogP contribution < -0.4 is 14.8 Å². The lowest BCUT2D eigenvalue weighted by molar-refractivity contribution is -0.385. The molecule has 0 aliphatic carbocycles. The van der Waals surface area contributed by atoms with Gasteiger partial charge in [0.15, 0.2) is 17.6 Å². The molecule has 0 saturated carbocycles.